The zero-order chi connectivity index (χ0) is 16.8. The maximum absolute atomic E-state index is 8.36. The second-order valence-corrected chi connectivity index (χ2v) is 5.57. The topological polar surface area (TPSA) is 122 Å². The van der Waals surface area contributed by atoms with Gasteiger partial charge in [-0.2, -0.15) is 9.36 Å². The van der Waals surface area contributed by atoms with Gasteiger partial charge in [0.15, 0.2) is 5.82 Å². The van der Waals surface area contributed by atoms with E-state index in [-0.39, 0.29) is 12.6 Å². The van der Waals surface area contributed by atoms with Crippen molar-refractivity contribution in [2.45, 2.75) is 6.10 Å². The van der Waals surface area contributed by atoms with Crippen molar-refractivity contribution in [3.05, 3.63) is 5.82 Å². The quantitative estimate of drug-likeness (QED) is 0.724. The molecule has 1 fully saturated rings. The van der Waals surface area contributed by atoms with Crippen molar-refractivity contribution < 1.29 is 14.6 Å². The number of hydrogen-bond donors (Lipinski definition) is 1. The summed E-state index contributed by atoms with van der Waals surface area (Å²) in [6.07, 6.45) is -0.143. The first-order valence-corrected chi connectivity index (χ1v) is 7.51. The van der Waals surface area contributed by atoms with Crippen molar-refractivity contribution in [1.82, 2.24) is 29.6 Å². The number of nitrogens with zero attached hydrogens (tertiary/aromatic N) is 8. The fourth-order valence-electron chi connectivity index (χ4n) is 2.01. The van der Waals surface area contributed by atoms with Gasteiger partial charge in [-0.3, -0.25) is 4.79 Å². The monoisotopic (exact) mass is 342 g/mol. The van der Waals surface area contributed by atoms with Gasteiger partial charge in [0, 0.05) is 39.2 Å². The van der Waals surface area contributed by atoms with Crippen molar-refractivity contribution in [2.75, 3.05) is 43.6 Å². The Balaban J connectivity index is 0.000000595. The van der Waals surface area contributed by atoms with Crippen LogP contribution in [-0.4, -0.2) is 74.9 Å². The number of anilines is 2. The lowest BCUT2D eigenvalue weighted by Crippen LogP contribution is -2.39. The summed E-state index contributed by atoms with van der Waals surface area (Å²) in [5.41, 5.74) is 0. The first-order chi connectivity index (χ1) is 11.1. The van der Waals surface area contributed by atoms with E-state index in [0.29, 0.717) is 13.2 Å². The highest BCUT2D eigenvalue weighted by molar-refractivity contribution is 7.09. The van der Waals surface area contributed by atoms with Crippen LogP contribution in [0.3, 0.4) is 0 Å². The molecule has 2 aromatic rings. The second-order valence-electron chi connectivity index (χ2n) is 4.84. The van der Waals surface area contributed by atoms with Crippen LogP contribution in [0.15, 0.2) is 0 Å². The largest absolute Gasteiger partial charge is 0.483 e. The number of ether oxygens (including phenoxy) is 1. The van der Waals surface area contributed by atoms with Crippen LogP contribution in [0.5, 0.6) is 0 Å². The molecule has 1 aliphatic rings. The Morgan fingerprint density at radius 2 is 2.22 bits per heavy atom. The molecule has 0 aliphatic carbocycles. The van der Waals surface area contributed by atoms with Crippen LogP contribution in [0.2, 0.25) is 0 Å². The summed E-state index contributed by atoms with van der Waals surface area (Å²) in [7, 11) is 5.67. The average molecular weight is 342 g/mol. The SMILES string of the molecule is CN(C)c1nsc(N2CCOC(c3nnnn3C)C2)n1.O=CO. The molecule has 1 aliphatic heterocycles. The van der Waals surface area contributed by atoms with Crippen molar-refractivity contribution in [1.29, 1.82) is 0 Å². The molecular formula is C11H18N8O3S. The molecule has 126 valence electrons. The Hall–Kier alpha value is -2.34. The zero-order valence-electron chi connectivity index (χ0n) is 13.0. The predicted molar refractivity (Wildman–Crippen MR) is 82.6 cm³/mol. The van der Waals surface area contributed by atoms with Gasteiger partial charge in [-0.15, -0.1) is 5.10 Å². The smallest absolute Gasteiger partial charge is 0.290 e. The van der Waals surface area contributed by atoms with E-state index >= 15 is 0 Å². The third kappa shape index (κ3) is 4.10. The normalized spacial score (nSPS) is 17.3. The summed E-state index contributed by atoms with van der Waals surface area (Å²) in [5.74, 6) is 1.46. The molecule has 3 rings (SSSR count). The van der Waals surface area contributed by atoms with E-state index in [1.807, 2.05) is 26.0 Å². The lowest BCUT2D eigenvalue weighted by atomic mass is 10.2. The van der Waals surface area contributed by atoms with E-state index in [2.05, 4.69) is 29.8 Å². The van der Waals surface area contributed by atoms with Crippen molar-refractivity contribution in [3.63, 3.8) is 0 Å². The van der Waals surface area contributed by atoms with Crippen LogP contribution in [0.1, 0.15) is 11.9 Å². The van der Waals surface area contributed by atoms with E-state index < -0.39 is 0 Å². The van der Waals surface area contributed by atoms with Gasteiger partial charge in [-0.05, 0) is 10.4 Å². The molecule has 3 heterocycles. The van der Waals surface area contributed by atoms with E-state index in [4.69, 9.17) is 14.6 Å². The molecule has 1 atom stereocenters. The molecule has 0 bridgehead atoms. The summed E-state index contributed by atoms with van der Waals surface area (Å²) in [6, 6.07) is 0. The van der Waals surface area contributed by atoms with Gasteiger partial charge in [0.1, 0.15) is 6.10 Å². The van der Waals surface area contributed by atoms with Crippen molar-refractivity contribution in [3.8, 4) is 0 Å². The minimum Gasteiger partial charge on any atom is -0.483 e. The first-order valence-electron chi connectivity index (χ1n) is 6.74. The molecule has 1 saturated heterocycles. The molecule has 1 unspecified atom stereocenters. The Labute approximate surface area is 136 Å². The maximum atomic E-state index is 8.36. The molecule has 0 amide bonds. The van der Waals surface area contributed by atoms with Gasteiger partial charge in [0.25, 0.3) is 6.47 Å². The van der Waals surface area contributed by atoms with E-state index in [1.54, 1.807) is 4.68 Å². The lowest BCUT2D eigenvalue weighted by Gasteiger charge is -2.31. The zero-order valence-corrected chi connectivity index (χ0v) is 13.8. The molecular weight excluding hydrogens is 324 g/mol. The Bertz CT molecular complexity index is 630. The highest BCUT2D eigenvalue weighted by atomic mass is 32.1. The molecule has 1 N–H and O–H groups in total. The van der Waals surface area contributed by atoms with Crippen LogP contribution < -0.4 is 9.80 Å². The van der Waals surface area contributed by atoms with E-state index in [0.717, 1.165) is 23.4 Å². The maximum Gasteiger partial charge on any atom is 0.290 e. The van der Waals surface area contributed by atoms with Gasteiger partial charge in [0.2, 0.25) is 11.1 Å². The fraction of sp³-hybridized carbons (Fsp3) is 0.636. The highest BCUT2D eigenvalue weighted by Gasteiger charge is 2.28. The van der Waals surface area contributed by atoms with Gasteiger partial charge in [-0.25, -0.2) is 4.68 Å². The second kappa shape index (κ2) is 7.78. The number of aromatic nitrogens is 6. The number of aryl methyl sites for hydroxylation is 1. The molecule has 0 saturated carbocycles. The summed E-state index contributed by atoms with van der Waals surface area (Å²) in [6.45, 7) is 1.84. The summed E-state index contributed by atoms with van der Waals surface area (Å²) < 4.78 is 11.7. The van der Waals surface area contributed by atoms with E-state index in [9.17, 15) is 0 Å². The standard InChI is InChI=1S/C10H16N8OS.CH2O2/c1-16(2)9-11-10(20-13-9)18-4-5-19-7(6-18)8-12-14-15-17(8)3;2-1-3/h7H,4-6H2,1-3H3;1H,(H,2,3). The average Bonchev–Trinajstić information content (AvgIpc) is 3.17. The third-order valence-electron chi connectivity index (χ3n) is 3.08. The summed E-state index contributed by atoms with van der Waals surface area (Å²) in [5, 5.41) is 19.3. The number of carbonyl (C=O) groups is 1. The van der Waals surface area contributed by atoms with Gasteiger partial charge < -0.3 is 19.6 Å². The number of tetrazole rings is 1. The number of carboxylic acid groups (broad SMARTS) is 1. The van der Waals surface area contributed by atoms with Crippen LogP contribution in [0.25, 0.3) is 0 Å². The third-order valence-corrected chi connectivity index (χ3v) is 3.85. The Morgan fingerprint density at radius 3 is 2.78 bits per heavy atom. The van der Waals surface area contributed by atoms with Crippen LogP contribution in [0, 0.1) is 0 Å². The minimum atomic E-state index is -0.250. The lowest BCUT2D eigenvalue weighted by molar-refractivity contribution is -0.122. The fourth-order valence-corrected chi connectivity index (χ4v) is 2.78. The van der Waals surface area contributed by atoms with Crippen LogP contribution in [0.4, 0.5) is 11.1 Å². The van der Waals surface area contributed by atoms with Gasteiger partial charge >= 0.3 is 0 Å². The van der Waals surface area contributed by atoms with Crippen LogP contribution >= 0.6 is 11.5 Å². The highest BCUT2D eigenvalue weighted by Crippen LogP contribution is 2.27. The molecule has 23 heavy (non-hydrogen) atoms. The molecule has 0 spiro atoms. The Kier molecular flexibility index (Phi) is 5.76. The minimum absolute atomic E-state index is 0.143. The van der Waals surface area contributed by atoms with Gasteiger partial charge in [-0.1, -0.05) is 0 Å². The van der Waals surface area contributed by atoms with Crippen molar-refractivity contribution >= 4 is 29.1 Å². The first kappa shape index (κ1) is 17.0. The molecule has 12 heteroatoms. The molecule has 11 nitrogen and oxygen atoms in total. The molecule has 2 aromatic heterocycles. The summed E-state index contributed by atoms with van der Waals surface area (Å²) >= 11 is 1.40. The number of morpholine rings is 1. The predicted octanol–water partition coefficient (Wildman–Crippen LogP) is -0.594. The van der Waals surface area contributed by atoms with E-state index in [1.165, 1.54) is 11.5 Å². The van der Waals surface area contributed by atoms with Crippen LogP contribution in [-0.2, 0) is 16.6 Å². The number of hydrogen-bond acceptors (Lipinski definition) is 10. The molecule has 0 aromatic carbocycles. The molecule has 0 radical (unpaired) electrons. The van der Waals surface area contributed by atoms with Gasteiger partial charge in [0.05, 0.1) is 13.2 Å². The Morgan fingerprint density at radius 1 is 1.48 bits per heavy atom. The van der Waals surface area contributed by atoms with Crippen molar-refractivity contribution in [2.24, 2.45) is 7.05 Å². The summed E-state index contributed by atoms with van der Waals surface area (Å²) in [4.78, 5) is 16.9. The number of rotatable bonds is 3.